The molecule has 4 heteroatoms. The highest BCUT2D eigenvalue weighted by Crippen LogP contribution is 2.41. The molecular formula is C19H20O4. The minimum absolute atomic E-state index is 0.0256. The van der Waals surface area contributed by atoms with Gasteiger partial charge in [-0.05, 0) is 30.2 Å². The highest BCUT2D eigenvalue weighted by molar-refractivity contribution is 5.78. The number of ether oxygens (including phenoxy) is 3. The molecular weight excluding hydrogens is 292 g/mol. The van der Waals surface area contributed by atoms with E-state index in [1.807, 2.05) is 36.4 Å². The first-order valence-electron chi connectivity index (χ1n) is 7.82. The molecule has 1 aliphatic heterocycles. The molecule has 2 aromatic rings. The lowest BCUT2D eigenvalue weighted by Crippen LogP contribution is -2.21. The molecule has 1 heterocycles. The van der Waals surface area contributed by atoms with E-state index in [9.17, 15) is 4.79 Å². The van der Waals surface area contributed by atoms with Crippen LogP contribution in [-0.4, -0.2) is 19.7 Å². The van der Waals surface area contributed by atoms with Crippen LogP contribution in [0.5, 0.6) is 17.2 Å². The maximum Gasteiger partial charge on any atom is 0.312 e. The molecule has 0 N–H and O–H groups in total. The van der Waals surface area contributed by atoms with E-state index in [0.717, 1.165) is 23.3 Å². The van der Waals surface area contributed by atoms with E-state index >= 15 is 0 Å². The maximum absolute atomic E-state index is 12.0. The monoisotopic (exact) mass is 312 g/mol. The minimum atomic E-state index is -0.226. The lowest BCUT2D eigenvalue weighted by Gasteiger charge is -2.25. The zero-order valence-electron chi connectivity index (χ0n) is 13.4. The van der Waals surface area contributed by atoms with Crippen LogP contribution in [0, 0.1) is 0 Å². The summed E-state index contributed by atoms with van der Waals surface area (Å²) in [5.74, 6) is 1.83. The first-order valence-corrected chi connectivity index (χ1v) is 7.82. The fourth-order valence-electron chi connectivity index (χ4n) is 2.80. The van der Waals surface area contributed by atoms with Crippen LogP contribution in [0.15, 0.2) is 42.5 Å². The molecule has 120 valence electrons. The highest BCUT2D eigenvalue weighted by atomic mass is 16.5. The van der Waals surface area contributed by atoms with E-state index in [2.05, 4.69) is 6.92 Å². The van der Waals surface area contributed by atoms with Crippen LogP contribution in [0.1, 0.15) is 36.8 Å². The molecule has 0 aromatic heterocycles. The fraction of sp³-hybridized carbons (Fsp3) is 0.316. The molecule has 0 saturated heterocycles. The summed E-state index contributed by atoms with van der Waals surface area (Å²) in [6.45, 7) is 2.76. The van der Waals surface area contributed by atoms with Gasteiger partial charge in [-0.3, -0.25) is 4.79 Å². The van der Waals surface area contributed by atoms with E-state index in [0.29, 0.717) is 24.5 Å². The molecule has 0 fully saturated rings. The van der Waals surface area contributed by atoms with Gasteiger partial charge in [0.25, 0.3) is 0 Å². The zero-order valence-corrected chi connectivity index (χ0v) is 13.4. The molecule has 0 spiro atoms. The quantitative estimate of drug-likeness (QED) is 0.620. The third-order valence-corrected chi connectivity index (χ3v) is 3.92. The SMILES string of the molecule is CCCOc1cccc([C@H]2CC(=O)Oc3cc(OC)ccc32)c1. The van der Waals surface area contributed by atoms with Crippen molar-refractivity contribution in [3.8, 4) is 17.2 Å². The second-order valence-corrected chi connectivity index (χ2v) is 5.56. The lowest BCUT2D eigenvalue weighted by atomic mass is 9.86. The Bertz CT molecular complexity index is 708. The summed E-state index contributed by atoms with van der Waals surface area (Å²) in [6.07, 6.45) is 1.29. The molecule has 0 amide bonds. The van der Waals surface area contributed by atoms with Crippen molar-refractivity contribution >= 4 is 5.97 Å². The fourth-order valence-corrected chi connectivity index (χ4v) is 2.80. The third kappa shape index (κ3) is 3.31. The van der Waals surface area contributed by atoms with E-state index in [-0.39, 0.29) is 11.9 Å². The number of fused-ring (bicyclic) bond motifs is 1. The number of methoxy groups -OCH3 is 1. The summed E-state index contributed by atoms with van der Waals surface area (Å²) in [5, 5.41) is 0. The average Bonchev–Trinajstić information content (AvgIpc) is 2.58. The van der Waals surface area contributed by atoms with Gasteiger partial charge < -0.3 is 14.2 Å². The molecule has 0 saturated carbocycles. The van der Waals surface area contributed by atoms with Crippen LogP contribution in [0.25, 0.3) is 0 Å². The highest BCUT2D eigenvalue weighted by Gasteiger charge is 2.29. The predicted molar refractivity (Wildman–Crippen MR) is 87.3 cm³/mol. The predicted octanol–water partition coefficient (Wildman–Crippen LogP) is 3.93. The Morgan fingerprint density at radius 2 is 2.04 bits per heavy atom. The molecule has 0 bridgehead atoms. The molecule has 3 rings (SSSR count). The van der Waals surface area contributed by atoms with Gasteiger partial charge in [-0.2, -0.15) is 0 Å². The van der Waals surface area contributed by atoms with Crippen LogP contribution < -0.4 is 14.2 Å². The van der Waals surface area contributed by atoms with E-state index < -0.39 is 0 Å². The van der Waals surface area contributed by atoms with Crippen molar-refractivity contribution in [3.63, 3.8) is 0 Å². The van der Waals surface area contributed by atoms with Gasteiger partial charge in [0.2, 0.25) is 0 Å². The molecule has 1 atom stereocenters. The zero-order chi connectivity index (χ0) is 16.2. The minimum Gasteiger partial charge on any atom is -0.497 e. The summed E-state index contributed by atoms with van der Waals surface area (Å²) < 4.78 is 16.3. The number of benzene rings is 2. The molecule has 0 aliphatic carbocycles. The summed E-state index contributed by atoms with van der Waals surface area (Å²) in [6, 6.07) is 13.5. The average molecular weight is 312 g/mol. The summed E-state index contributed by atoms with van der Waals surface area (Å²) in [4.78, 5) is 12.0. The van der Waals surface area contributed by atoms with Crippen molar-refractivity contribution in [2.75, 3.05) is 13.7 Å². The van der Waals surface area contributed by atoms with Crippen LogP contribution >= 0.6 is 0 Å². The van der Waals surface area contributed by atoms with Crippen LogP contribution in [0.3, 0.4) is 0 Å². The van der Waals surface area contributed by atoms with E-state index in [1.54, 1.807) is 13.2 Å². The largest absolute Gasteiger partial charge is 0.497 e. The molecule has 1 aliphatic rings. The summed E-state index contributed by atoms with van der Waals surface area (Å²) in [5.41, 5.74) is 2.06. The number of hydrogen-bond acceptors (Lipinski definition) is 4. The van der Waals surface area contributed by atoms with Crippen LogP contribution in [0.4, 0.5) is 0 Å². The van der Waals surface area contributed by atoms with Crippen molar-refractivity contribution in [3.05, 3.63) is 53.6 Å². The Morgan fingerprint density at radius 1 is 1.17 bits per heavy atom. The number of rotatable bonds is 5. The molecule has 23 heavy (non-hydrogen) atoms. The van der Waals surface area contributed by atoms with Crippen LogP contribution in [0.2, 0.25) is 0 Å². The Hall–Kier alpha value is -2.49. The van der Waals surface area contributed by atoms with Gasteiger partial charge in [-0.1, -0.05) is 25.1 Å². The first-order chi connectivity index (χ1) is 11.2. The van der Waals surface area contributed by atoms with Gasteiger partial charge >= 0.3 is 5.97 Å². The lowest BCUT2D eigenvalue weighted by molar-refractivity contribution is -0.135. The second-order valence-electron chi connectivity index (χ2n) is 5.56. The normalized spacial score (nSPS) is 16.4. The van der Waals surface area contributed by atoms with Gasteiger partial charge in [0.05, 0.1) is 20.1 Å². The number of carbonyl (C=O) groups is 1. The maximum atomic E-state index is 12.0. The topological polar surface area (TPSA) is 44.8 Å². The number of carbonyl (C=O) groups excluding carboxylic acids is 1. The van der Waals surface area contributed by atoms with Gasteiger partial charge in [0.15, 0.2) is 0 Å². The van der Waals surface area contributed by atoms with Crippen molar-refractivity contribution in [2.24, 2.45) is 0 Å². The molecule has 4 nitrogen and oxygen atoms in total. The van der Waals surface area contributed by atoms with Gasteiger partial charge in [0.1, 0.15) is 17.2 Å². The molecule has 2 aromatic carbocycles. The Morgan fingerprint density at radius 3 is 2.83 bits per heavy atom. The second kappa shape index (κ2) is 6.73. The van der Waals surface area contributed by atoms with Crippen molar-refractivity contribution in [1.29, 1.82) is 0 Å². The van der Waals surface area contributed by atoms with Gasteiger partial charge in [-0.25, -0.2) is 0 Å². The molecule has 0 radical (unpaired) electrons. The number of hydrogen-bond donors (Lipinski definition) is 0. The Balaban J connectivity index is 1.96. The third-order valence-electron chi connectivity index (χ3n) is 3.92. The first kappa shape index (κ1) is 15.4. The van der Waals surface area contributed by atoms with Crippen molar-refractivity contribution < 1.29 is 19.0 Å². The Labute approximate surface area is 136 Å². The van der Waals surface area contributed by atoms with E-state index in [4.69, 9.17) is 14.2 Å². The van der Waals surface area contributed by atoms with Gasteiger partial charge in [0, 0.05) is 17.5 Å². The summed E-state index contributed by atoms with van der Waals surface area (Å²) >= 11 is 0. The molecule has 0 unspecified atom stereocenters. The van der Waals surface area contributed by atoms with Crippen LogP contribution in [-0.2, 0) is 4.79 Å². The number of esters is 1. The van der Waals surface area contributed by atoms with Gasteiger partial charge in [-0.15, -0.1) is 0 Å². The summed E-state index contributed by atoms with van der Waals surface area (Å²) in [7, 11) is 1.60. The smallest absolute Gasteiger partial charge is 0.312 e. The van der Waals surface area contributed by atoms with Crippen molar-refractivity contribution in [1.82, 2.24) is 0 Å². The standard InChI is InChI=1S/C19H20O4/c1-3-9-22-15-6-4-5-13(10-15)17-12-19(20)23-18-11-14(21-2)7-8-16(17)18/h4-8,10-11,17H,3,9,12H2,1-2H3/t17-/m1/s1. The van der Waals surface area contributed by atoms with E-state index in [1.165, 1.54) is 0 Å². The Kier molecular flexibility index (Phi) is 4.51. The van der Waals surface area contributed by atoms with Crippen molar-refractivity contribution in [2.45, 2.75) is 25.7 Å².